The van der Waals surface area contributed by atoms with Gasteiger partial charge in [0.2, 0.25) is 0 Å². The molecule has 2 atom stereocenters. The number of hydrogen-bond donors (Lipinski definition) is 3. The number of benzene rings is 2. The van der Waals surface area contributed by atoms with Gasteiger partial charge in [0.05, 0.1) is 0 Å². The highest BCUT2D eigenvalue weighted by atomic mass is 32.2. The normalized spacial score (nSPS) is 12.2. The summed E-state index contributed by atoms with van der Waals surface area (Å²) in [6, 6.07) is 13.2. The van der Waals surface area contributed by atoms with E-state index in [0.29, 0.717) is 23.7 Å². The predicted molar refractivity (Wildman–Crippen MR) is 120 cm³/mol. The van der Waals surface area contributed by atoms with E-state index in [1.807, 2.05) is 12.3 Å². The van der Waals surface area contributed by atoms with E-state index >= 15 is 0 Å². The minimum Gasteiger partial charge on any atom is -0.484 e. The van der Waals surface area contributed by atoms with Crippen LogP contribution in [-0.2, 0) is 14.4 Å². The third kappa shape index (κ3) is 8.84. The van der Waals surface area contributed by atoms with Gasteiger partial charge < -0.3 is 14.8 Å². The van der Waals surface area contributed by atoms with Crippen molar-refractivity contribution < 1.29 is 28.2 Å². The van der Waals surface area contributed by atoms with Gasteiger partial charge in [0.25, 0.3) is 17.7 Å². The van der Waals surface area contributed by atoms with E-state index in [2.05, 4.69) is 16.2 Å². The maximum Gasteiger partial charge on any atom is 0.279 e. The minimum absolute atomic E-state index is 0.248. The summed E-state index contributed by atoms with van der Waals surface area (Å²) in [6.07, 6.45) is 1.30. The summed E-state index contributed by atoms with van der Waals surface area (Å²) in [6.45, 7) is 1.24. The van der Waals surface area contributed by atoms with Gasteiger partial charge in [-0.05, 0) is 61.8 Å². The number of ether oxygens (including phenoxy) is 2. The van der Waals surface area contributed by atoms with E-state index in [-0.39, 0.29) is 6.61 Å². The average molecular weight is 464 g/mol. The van der Waals surface area contributed by atoms with Gasteiger partial charge in [-0.1, -0.05) is 18.2 Å². The van der Waals surface area contributed by atoms with Gasteiger partial charge in [0, 0.05) is 0 Å². The fraction of sp³-hybridized carbons (Fsp3) is 0.318. The number of amides is 3. The molecule has 3 amide bonds. The molecule has 0 saturated heterocycles. The second kappa shape index (κ2) is 13.2. The molecule has 10 heteroatoms. The predicted octanol–water partition coefficient (Wildman–Crippen LogP) is 2.06. The third-order valence-electron chi connectivity index (χ3n) is 4.18. The molecule has 32 heavy (non-hydrogen) atoms. The van der Waals surface area contributed by atoms with E-state index in [1.54, 1.807) is 24.3 Å². The van der Waals surface area contributed by atoms with Gasteiger partial charge in [-0.3, -0.25) is 25.2 Å². The van der Waals surface area contributed by atoms with E-state index in [0.717, 1.165) is 0 Å². The summed E-state index contributed by atoms with van der Waals surface area (Å²) in [5, 5.41) is 2.61. The number of hydrazine groups is 1. The Balaban J connectivity index is 1.82. The van der Waals surface area contributed by atoms with Gasteiger partial charge in [-0.15, -0.1) is 0 Å². The van der Waals surface area contributed by atoms with Crippen molar-refractivity contribution in [2.24, 2.45) is 0 Å². The van der Waals surface area contributed by atoms with E-state index in [4.69, 9.17) is 9.47 Å². The number of hydrogen-bond acceptors (Lipinski definition) is 6. The SMILES string of the molecule is CSCCC(NC(=O)COc1ccccc1)C(=O)NNC(=O)C(C)Oc1ccc(F)cc1. The average Bonchev–Trinajstić information content (AvgIpc) is 2.80. The fourth-order valence-electron chi connectivity index (χ4n) is 2.49. The first kappa shape index (κ1) is 25.0. The Kier molecular flexibility index (Phi) is 10.3. The zero-order valence-electron chi connectivity index (χ0n) is 17.8. The third-order valence-corrected chi connectivity index (χ3v) is 4.82. The number of para-hydroxylation sites is 1. The van der Waals surface area contributed by atoms with E-state index in [9.17, 15) is 18.8 Å². The number of thioether (sulfide) groups is 1. The van der Waals surface area contributed by atoms with Crippen molar-refractivity contribution in [1.29, 1.82) is 0 Å². The molecule has 0 radical (unpaired) electrons. The summed E-state index contributed by atoms with van der Waals surface area (Å²) in [5.74, 6) is -0.599. The molecule has 0 aliphatic heterocycles. The first-order chi connectivity index (χ1) is 15.4. The van der Waals surface area contributed by atoms with Crippen LogP contribution in [0.15, 0.2) is 54.6 Å². The van der Waals surface area contributed by atoms with E-state index in [1.165, 1.54) is 43.0 Å². The molecule has 2 aromatic rings. The topological polar surface area (TPSA) is 106 Å². The van der Waals surface area contributed by atoms with Crippen molar-refractivity contribution in [3.63, 3.8) is 0 Å². The number of nitrogens with one attached hydrogen (secondary N) is 3. The summed E-state index contributed by atoms with van der Waals surface area (Å²) in [7, 11) is 0. The molecule has 0 aliphatic rings. The fourth-order valence-corrected chi connectivity index (χ4v) is 2.96. The monoisotopic (exact) mass is 463 g/mol. The molecular weight excluding hydrogens is 437 g/mol. The molecule has 3 N–H and O–H groups in total. The highest BCUT2D eigenvalue weighted by molar-refractivity contribution is 7.98. The molecule has 0 aliphatic carbocycles. The van der Waals surface area contributed by atoms with Crippen molar-refractivity contribution >= 4 is 29.5 Å². The number of carbonyl (C=O) groups is 3. The zero-order valence-corrected chi connectivity index (χ0v) is 18.6. The number of carbonyl (C=O) groups excluding carboxylic acids is 3. The Labute approximate surface area is 190 Å². The largest absolute Gasteiger partial charge is 0.484 e. The van der Waals surface area contributed by atoms with Crippen LogP contribution < -0.4 is 25.6 Å². The first-order valence-corrected chi connectivity index (χ1v) is 11.3. The van der Waals surface area contributed by atoms with Crippen molar-refractivity contribution in [3.8, 4) is 11.5 Å². The Morgan fingerprint density at radius 1 is 0.969 bits per heavy atom. The molecule has 0 aromatic heterocycles. The summed E-state index contributed by atoms with van der Waals surface area (Å²) in [4.78, 5) is 36.9. The lowest BCUT2D eigenvalue weighted by Gasteiger charge is -2.20. The van der Waals surface area contributed by atoms with Crippen molar-refractivity contribution in [3.05, 3.63) is 60.4 Å². The molecule has 172 valence electrons. The zero-order chi connectivity index (χ0) is 23.3. The Hall–Kier alpha value is -3.27. The molecule has 0 heterocycles. The van der Waals surface area contributed by atoms with Gasteiger partial charge in [0.1, 0.15) is 23.4 Å². The molecule has 0 fully saturated rings. The van der Waals surface area contributed by atoms with Crippen LogP contribution in [-0.4, -0.2) is 48.5 Å². The lowest BCUT2D eigenvalue weighted by atomic mass is 10.2. The van der Waals surface area contributed by atoms with Crippen molar-refractivity contribution in [1.82, 2.24) is 16.2 Å². The van der Waals surface area contributed by atoms with Crippen LogP contribution in [0, 0.1) is 5.82 Å². The van der Waals surface area contributed by atoms with Crippen LogP contribution >= 0.6 is 11.8 Å². The van der Waals surface area contributed by atoms with Crippen LogP contribution in [0.3, 0.4) is 0 Å². The van der Waals surface area contributed by atoms with Gasteiger partial charge in [0.15, 0.2) is 12.7 Å². The molecule has 0 bridgehead atoms. The molecule has 8 nitrogen and oxygen atoms in total. The molecular formula is C22H26FN3O5S. The first-order valence-electron chi connectivity index (χ1n) is 9.87. The quantitative estimate of drug-likeness (QED) is 0.441. The molecule has 0 spiro atoms. The number of rotatable bonds is 11. The second-order valence-electron chi connectivity index (χ2n) is 6.70. The van der Waals surface area contributed by atoms with Crippen molar-refractivity contribution in [2.45, 2.75) is 25.5 Å². The van der Waals surface area contributed by atoms with Crippen LogP contribution in [0.2, 0.25) is 0 Å². The minimum atomic E-state index is -0.945. The maximum atomic E-state index is 13.0. The Morgan fingerprint density at radius 3 is 2.28 bits per heavy atom. The van der Waals surface area contributed by atoms with Crippen LogP contribution in [0.25, 0.3) is 0 Å². The van der Waals surface area contributed by atoms with Crippen LogP contribution in [0.4, 0.5) is 4.39 Å². The lowest BCUT2D eigenvalue weighted by molar-refractivity contribution is -0.134. The summed E-state index contributed by atoms with van der Waals surface area (Å²) >= 11 is 1.52. The standard InChI is InChI=1S/C22H26FN3O5S/c1-15(31-18-10-8-16(23)9-11-18)21(28)25-26-22(29)19(12-13-32-2)24-20(27)14-30-17-6-4-3-5-7-17/h3-11,15,19H,12-14H2,1-2H3,(H,24,27)(H,25,28)(H,26,29). The van der Waals surface area contributed by atoms with E-state index < -0.39 is 35.7 Å². The highest BCUT2D eigenvalue weighted by Crippen LogP contribution is 2.13. The Morgan fingerprint density at radius 2 is 1.62 bits per heavy atom. The lowest BCUT2D eigenvalue weighted by Crippen LogP contribution is -2.55. The number of halogens is 1. The van der Waals surface area contributed by atoms with Crippen LogP contribution in [0.5, 0.6) is 11.5 Å². The second-order valence-corrected chi connectivity index (χ2v) is 7.68. The summed E-state index contributed by atoms with van der Waals surface area (Å²) in [5.41, 5.74) is 4.58. The summed E-state index contributed by atoms with van der Waals surface area (Å²) < 4.78 is 23.8. The van der Waals surface area contributed by atoms with Crippen LogP contribution in [0.1, 0.15) is 13.3 Å². The molecule has 2 unspecified atom stereocenters. The van der Waals surface area contributed by atoms with Crippen molar-refractivity contribution in [2.75, 3.05) is 18.6 Å². The molecule has 2 rings (SSSR count). The smallest absolute Gasteiger partial charge is 0.279 e. The Bertz CT molecular complexity index is 883. The highest BCUT2D eigenvalue weighted by Gasteiger charge is 2.22. The molecule has 2 aromatic carbocycles. The maximum absolute atomic E-state index is 13.0. The van der Waals surface area contributed by atoms with Gasteiger partial charge in [-0.25, -0.2) is 4.39 Å². The van der Waals surface area contributed by atoms with Gasteiger partial charge in [-0.2, -0.15) is 11.8 Å². The molecule has 0 saturated carbocycles. The van der Waals surface area contributed by atoms with Gasteiger partial charge >= 0.3 is 0 Å².